The number of aliphatic hydroxyl groups excluding tert-OH is 1. The molecule has 4 rings (SSSR count). The van der Waals surface area contributed by atoms with Crippen LogP contribution < -0.4 is 19.7 Å². The average Bonchev–Trinajstić information content (AvgIpc) is 2.85. The zero-order chi connectivity index (χ0) is 22.3. The van der Waals surface area contributed by atoms with Crippen LogP contribution >= 0.6 is 16.1 Å². The first-order valence-electron chi connectivity index (χ1n) is 10.0. The van der Waals surface area contributed by atoms with Gasteiger partial charge in [-0.3, -0.25) is 9.13 Å². The molecule has 0 saturated carbocycles. The van der Waals surface area contributed by atoms with Gasteiger partial charge in [0.2, 0.25) is 0 Å². The lowest BCUT2D eigenvalue weighted by molar-refractivity contribution is 0.220. The van der Waals surface area contributed by atoms with Crippen molar-refractivity contribution in [2.45, 2.75) is 6.10 Å². The quantitative estimate of drug-likeness (QED) is 0.366. The van der Waals surface area contributed by atoms with Crippen LogP contribution in [0.25, 0.3) is 0 Å². The summed E-state index contributed by atoms with van der Waals surface area (Å²) in [5.41, 5.74) is 1.34. The van der Waals surface area contributed by atoms with Crippen molar-refractivity contribution in [2.75, 3.05) is 0 Å². The molecule has 0 radical (unpaired) electrons. The van der Waals surface area contributed by atoms with E-state index in [0.717, 1.165) is 0 Å². The lowest BCUT2D eigenvalue weighted by atomic mass is 10.0. The van der Waals surface area contributed by atoms with Crippen molar-refractivity contribution >= 4 is 26.7 Å². The first-order valence-corrected chi connectivity index (χ1v) is 12.7. The topological polar surface area (TPSA) is 72.8 Å². The molecule has 5 nitrogen and oxygen atoms in total. The third-order valence-electron chi connectivity index (χ3n) is 4.83. The van der Waals surface area contributed by atoms with Gasteiger partial charge >= 0.3 is 0 Å². The molecule has 2 atom stereocenters. The minimum Gasteiger partial charge on any atom is -0.442 e. The highest BCUT2D eigenvalue weighted by atomic mass is 31.1. The van der Waals surface area contributed by atoms with Gasteiger partial charge in [-0.1, -0.05) is 60.7 Å². The molecule has 0 saturated heterocycles. The molecular weight excluding hydrogens is 442 g/mol. The number of hydrogen-bond acceptors (Lipinski definition) is 5. The van der Waals surface area contributed by atoms with Gasteiger partial charge in [0, 0.05) is 10.6 Å². The molecule has 7 heteroatoms. The van der Waals surface area contributed by atoms with Gasteiger partial charge in [0.05, 0.1) is 0 Å². The predicted molar refractivity (Wildman–Crippen MR) is 128 cm³/mol. The van der Waals surface area contributed by atoms with Crippen molar-refractivity contribution in [1.29, 1.82) is 0 Å². The molecule has 4 aromatic rings. The SMILES string of the molecule is O=[PH](Oc1ccc(C(O)c2ccc(O[PH](=O)c3ccccc3)cc2)cc1)c1ccccc1. The number of rotatable bonds is 8. The van der Waals surface area contributed by atoms with Crippen LogP contribution in [0.5, 0.6) is 11.5 Å². The smallest absolute Gasteiger partial charge is 0.265 e. The molecule has 32 heavy (non-hydrogen) atoms. The van der Waals surface area contributed by atoms with Crippen molar-refractivity contribution in [2.24, 2.45) is 0 Å². The van der Waals surface area contributed by atoms with E-state index in [-0.39, 0.29) is 0 Å². The van der Waals surface area contributed by atoms with Gasteiger partial charge in [-0.2, -0.15) is 0 Å². The zero-order valence-corrected chi connectivity index (χ0v) is 19.0. The van der Waals surface area contributed by atoms with Gasteiger partial charge < -0.3 is 14.2 Å². The van der Waals surface area contributed by atoms with Gasteiger partial charge in [-0.25, -0.2) is 0 Å². The third-order valence-corrected chi connectivity index (χ3v) is 7.28. The Kier molecular flexibility index (Phi) is 7.24. The van der Waals surface area contributed by atoms with Crippen molar-refractivity contribution in [3.63, 3.8) is 0 Å². The Labute approximate surface area is 188 Å². The minimum absolute atomic E-state index is 0.475. The predicted octanol–water partition coefficient (Wildman–Crippen LogP) is 5.13. The number of aliphatic hydroxyl groups is 1. The standard InChI is InChI=1S/C25H22O5P2/c26-25(19-11-15-21(16-12-19)29-31(27)23-7-3-1-4-8-23)20-13-17-22(18-14-20)30-32(28)24-9-5-2-6-10-24/h1-18,25-26,31-32H. The van der Waals surface area contributed by atoms with Crippen LogP contribution in [0, 0.1) is 0 Å². The van der Waals surface area contributed by atoms with E-state index < -0.39 is 22.2 Å². The molecule has 4 aromatic carbocycles. The van der Waals surface area contributed by atoms with Gasteiger partial charge in [-0.15, -0.1) is 0 Å². The summed E-state index contributed by atoms with van der Waals surface area (Å²) in [6.45, 7) is 0. The van der Waals surface area contributed by atoms with Gasteiger partial charge in [0.1, 0.15) is 17.6 Å². The van der Waals surface area contributed by atoms with Crippen molar-refractivity contribution in [1.82, 2.24) is 0 Å². The van der Waals surface area contributed by atoms with E-state index in [0.29, 0.717) is 33.2 Å². The Bertz CT molecular complexity index is 1100. The van der Waals surface area contributed by atoms with E-state index in [1.165, 1.54) is 0 Å². The van der Waals surface area contributed by atoms with Crippen LogP contribution in [0.4, 0.5) is 0 Å². The second-order valence-corrected chi connectivity index (χ2v) is 9.76. The molecule has 0 aliphatic rings. The summed E-state index contributed by atoms with van der Waals surface area (Å²) in [4.78, 5) is 0. The van der Waals surface area contributed by atoms with Crippen molar-refractivity contribution in [3.8, 4) is 11.5 Å². The third kappa shape index (κ3) is 5.57. The van der Waals surface area contributed by atoms with E-state index in [9.17, 15) is 14.2 Å². The Hall–Kier alpha value is -3.10. The van der Waals surface area contributed by atoms with Crippen LogP contribution in [0.3, 0.4) is 0 Å². The van der Waals surface area contributed by atoms with Crippen LogP contribution in [0.15, 0.2) is 109 Å². The highest BCUT2D eigenvalue weighted by Crippen LogP contribution is 2.31. The summed E-state index contributed by atoms with van der Waals surface area (Å²) in [7, 11) is -4.78. The molecular formula is C25H22O5P2. The monoisotopic (exact) mass is 464 g/mol. The summed E-state index contributed by atoms with van der Waals surface area (Å²) in [6.07, 6.45) is -0.851. The lowest BCUT2D eigenvalue weighted by Gasteiger charge is -2.13. The Balaban J connectivity index is 1.39. The highest BCUT2D eigenvalue weighted by molar-refractivity contribution is 7.49. The van der Waals surface area contributed by atoms with E-state index in [1.54, 1.807) is 72.8 Å². The highest BCUT2D eigenvalue weighted by Gasteiger charge is 2.12. The zero-order valence-electron chi connectivity index (χ0n) is 17.0. The Morgan fingerprint density at radius 3 is 1.22 bits per heavy atom. The fraction of sp³-hybridized carbons (Fsp3) is 0.0400. The summed E-state index contributed by atoms with van der Waals surface area (Å²) < 4.78 is 35.8. The molecule has 0 bridgehead atoms. The number of hydrogen-bond donors (Lipinski definition) is 1. The fourth-order valence-electron chi connectivity index (χ4n) is 3.11. The van der Waals surface area contributed by atoms with Crippen molar-refractivity contribution < 1.29 is 23.3 Å². The molecule has 0 aliphatic carbocycles. The van der Waals surface area contributed by atoms with Crippen LogP contribution in [0.2, 0.25) is 0 Å². The summed E-state index contributed by atoms with van der Waals surface area (Å²) in [5.74, 6) is 0.951. The van der Waals surface area contributed by atoms with Gasteiger partial charge in [-0.05, 0) is 59.7 Å². The molecule has 162 valence electrons. The molecule has 1 N–H and O–H groups in total. The average molecular weight is 464 g/mol. The second kappa shape index (κ2) is 10.5. The second-order valence-electron chi connectivity index (χ2n) is 7.05. The largest absolute Gasteiger partial charge is 0.442 e. The van der Waals surface area contributed by atoms with E-state index in [4.69, 9.17) is 9.05 Å². The fourth-order valence-corrected chi connectivity index (χ4v) is 4.97. The van der Waals surface area contributed by atoms with E-state index in [1.807, 2.05) is 36.4 Å². The minimum atomic E-state index is -2.39. The molecule has 2 unspecified atom stereocenters. The molecule has 0 aliphatic heterocycles. The Morgan fingerprint density at radius 2 is 0.875 bits per heavy atom. The normalized spacial score (nSPS) is 13.7. The van der Waals surface area contributed by atoms with E-state index >= 15 is 0 Å². The van der Waals surface area contributed by atoms with E-state index in [2.05, 4.69) is 0 Å². The molecule has 0 amide bonds. The van der Waals surface area contributed by atoms with Gasteiger partial charge in [0.25, 0.3) is 16.1 Å². The lowest BCUT2D eigenvalue weighted by Crippen LogP contribution is -2.01. The maximum atomic E-state index is 12.3. The molecule has 0 spiro atoms. The van der Waals surface area contributed by atoms with Crippen LogP contribution in [0.1, 0.15) is 17.2 Å². The maximum absolute atomic E-state index is 12.3. The molecule has 0 heterocycles. The van der Waals surface area contributed by atoms with Crippen LogP contribution in [-0.2, 0) is 9.13 Å². The first-order chi connectivity index (χ1) is 15.6. The summed E-state index contributed by atoms with van der Waals surface area (Å²) in [5, 5.41) is 12.0. The first kappa shape index (κ1) is 22.1. The maximum Gasteiger partial charge on any atom is 0.265 e. The summed E-state index contributed by atoms with van der Waals surface area (Å²) >= 11 is 0. The Morgan fingerprint density at radius 1 is 0.531 bits per heavy atom. The summed E-state index contributed by atoms with van der Waals surface area (Å²) in [6, 6.07) is 31.7. The number of benzene rings is 4. The molecule has 0 fully saturated rings. The van der Waals surface area contributed by atoms with Crippen molar-refractivity contribution in [3.05, 3.63) is 120 Å². The van der Waals surface area contributed by atoms with Crippen LogP contribution in [-0.4, -0.2) is 5.11 Å². The molecule has 0 aromatic heterocycles. The van der Waals surface area contributed by atoms with Gasteiger partial charge in [0.15, 0.2) is 0 Å².